The van der Waals surface area contributed by atoms with E-state index in [2.05, 4.69) is 15.9 Å². The molecule has 1 aromatic rings. The number of hydrogen-bond donors (Lipinski definition) is 1. The summed E-state index contributed by atoms with van der Waals surface area (Å²) < 4.78 is 5.57. The summed E-state index contributed by atoms with van der Waals surface area (Å²) in [4.78, 5) is 0. The van der Waals surface area contributed by atoms with E-state index in [0.717, 1.165) is 0 Å². The third-order valence-corrected chi connectivity index (χ3v) is 2.48. The van der Waals surface area contributed by atoms with Crippen molar-refractivity contribution in [1.29, 1.82) is 0 Å². The maximum absolute atomic E-state index is 9.46. The van der Waals surface area contributed by atoms with Gasteiger partial charge in [-0.05, 0) is 28.9 Å². The molecule has 0 aliphatic rings. The van der Waals surface area contributed by atoms with Crippen molar-refractivity contribution in [2.75, 3.05) is 7.11 Å². The van der Waals surface area contributed by atoms with Gasteiger partial charge >= 0.3 is 0 Å². The molecule has 0 atom stereocenters. The van der Waals surface area contributed by atoms with E-state index in [1.807, 2.05) is 0 Å². The number of halogens is 2. The Hall–Kier alpha value is -0.410. The molecule has 0 bridgehead atoms. The molecular weight excluding hydrogens is 243 g/mol. The highest BCUT2D eigenvalue weighted by Crippen LogP contribution is 2.39. The van der Waals surface area contributed by atoms with Gasteiger partial charge in [-0.25, -0.2) is 0 Å². The third kappa shape index (κ3) is 1.52. The molecule has 2 nitrogen and oxygen atoms in total. The van der Waals surface area contributed by atoms with Crippen molar-refractivity contribution in [2.24, 2.45) is 0 Å². The number of phenolic OH excluding ortho intramolecular Hbond substituents is 1. The summed E-state index contributed by atoms with van der Waals surface area (Å²) in [5.41, 5.74) is 0.636. The third-order valence-electron chi connectivity index (χ3n) is 1.60. The topological polar surface area (TPSA) is 29.5 Å². The minimum absolute atomic E-state index is 0.163. The molecule has 0 amide bonds. The molecule has 12 heavy (non-hydrogen) atoms. The molecule has 1 aromatic carbocycles. The van der Waals surface area contributed by atoms with Crippen LogP contribution in [0.5, 0.6) is 11.5 Å². The molecular formula is C8H8BrClO2. The summed E-state index contributed by atoms with van der Waals surface area (Å²) in [6.45, 7) is 1.74. The van der Waals surface area contributed by atoms with Crippen LogP contribution in [0.25, 0.3) is 0 Å². The van der Waals surface area contributed by atoms with E-state index >= 15 is 0 Å². The highest BCUT2D eigenvalue weighted by Gasteiger charge is 2.11. The Balaban J connectivity index is 3.40. The van der Waals surface area contributed by atoms with Crippen LogP contribution in [0, 0.1) is 6.92 Å². The zero-order chi connectivity index (χ0) is 9.30. The Morgan fingerprint density at radius 2 is 2.17 bits per heavy atom. The van der Waals surface area contributed by atoms with Gasteiger partial charge in [-0.15, -0.1) is 0 Å². The minimum atomic E-state index is 0.163. The smallest absolute Gasteiger partial charge is 0.144 e. The van der Waals surface area contributed by atoms with Crippen LogP contribution >= 0.6 is 27.5 Å². The number of phenols is 1. The first-order chi connectivity index (χ1) is 5.57. The predicted octanol–water partition coefficient (Wildman–Crippen LogP) is 3.13. The number of methoxy groups -OCH3 is 1. The molecule has 1 rings (SSSR count). The maximum atomic E-state index is 9.46. The van der Waals surface area contributed by atoms with Gasteiger partial charge in [-0.3, -0.25) is 0 Å². The molecule has 0 aliphatic heterocycles. The zero-order valence-electron chi connectivity index (χ0n) is 6.69. The number of hydrogen-bond acceptors (Lipinski definition) is 2. The molecule has 0 radical (unpaired) electrons. The Morgan fingerprint density at radius 3 is 2.67 bits per heavy atom. The van der Waals surface area contributed by atoms with Crippen molar-refractivity contribution < 1.29 is 9.84 Å². The largest absolute Gasteiger partial charge is 0.506 e. The minimum Gasteiger partial charge on any atom is -0.506 e. The fourth-order valence-corrected chi connectivity index (χ4v) is 1.95. The SMILES string of the molecule is COc1c(Cl)cc(Br)c(O)c1C. The van der Waals surface area contributed by atoms with Crippen LogP contribution in [0.4, 0.5) is 0 Å². The molecule has 4 heteroatoms. The normalized spacial score (nSPS) is 10.0. The Morgan fingerprint density at radius 1 is 1.58 bits per heavy atom. The van der Waals surface area contributed by atoms with Crippen molar-refractivity contribution in [3.63, 3.8) is 0 Å². The Bertz CT molecular complexity index is 312. The second kappa shape index (κ2) is 3.54. The first kappa shape index (κ1) is 9.68. The van der Waals surface area contributed by atoms with E-state index in [1.54, 1.807) is 13.0 Å². The number of rotatable bonds is 1. The fraction of sp³-hybridized carbons (Fsp3) is 0.250. The Labute approximate surface area is 84.2 Å². The highest BCUT2D eigenvalue weighted by molar-refractivity contribution is 9.10. The molecule has 0 heterocycles. The van der Waals surface area contributed by atoms with Crippen LogP contribution in [0.15, 0.2) is 10.5 Å². The second-order valence-corrected chi connectivity index (χ2v) is 3.61. The van der Waals surface area contributed by atoms with Gasteiger partial charge in [0.25, 0.3) is 0 Å². The first-order valence-corrected chi connectivity index (χ1v) is 4.46. The van der Waals surface area contributed by atoms with E-state index in [9.17, 15) is 5.11 Å². The van der Waals surface area contributed by atoms with Gasteiger partial charge < -0.3 is 9.84 Å². The summed E-state index contributed by atoms with van der Waals surface area (Å²) in [6.07, 6.45) is 0. The first-order valence-electron chi connectivity index (χ1n) is 3.29. The molecule has 0 saturated heterocycles. The van der Waals surface area contributed by atoms with Crippen LogP contribution in [-0.2, 0) is 0 Å². The van der Waals surface area contributed by atoms with Gasteiger partial charge in [0.2, 0.25) is 0 Å². The standard InChI is InChI=1S/C8H8BrClO2/c1-4-7(11)5(9)3-6(10)8(4)12-2/h3,11H,1-2H3. The van der Waals surface area contributed by atoms with Gasteiger partial charge in [-0.1, -0.05) is 11.6 Å². The van der Waals surface area contributed by atoms with Gasteiger partial charge in [0.1, 0.15) is 11.5 Å². The van der Waals surface area contributed by atoms with E-state index in [4.69, 9.17) is 16.3 Å². The van der Waals surface area contributed by atoms with E-state index in [0.29, 0.717) is 20.8 Å². The van der Waals surface area contributed by atoms with Gasteiger partial charge in [-0.2, -0.15) is 0 Å². The van der Waals surface area contributed by atoms with Crippen LogP contribution in [0.3, 0.4) is 0 Å². The lowest BCUT2D eigenvalue weighted by molar-refractivity contribution is 0.402. The number of ether oxygens (including phenoxy) is 1. The van der Waals surface area contributed by atoms with Crippen LogP contribution < -0.4 is 4.74 Å². The van der Waals surface area contributed by atoms with Crippen molar-refractivity contribution in [2.45, 2.75) is 6.92 Å². The van der Waals surface area contributed by atoms with Crippen LogP contribution in [-0.4, -0.2) is 12.2 Å². The van der Waals surface area contributed by atoms with Crippen LogP contribution in [0.1, 0.15) is 5.56 Å². The average molecular weight is 252 g/mol. The quantitative estimate of drug-likeness (QED) is 0.831. The lowest BCUT2D eigenvalue weighted by atomic mass is 10.2. The zero-order valence-corrected chi connectivity index (χ0v) is 9.03. The molecule has 0 spiro atoms. The highest BCUT2D eigenvalue weighted by atomic mass is 79.9. The summed E-state index contributed by atoms with van der Waals surface area (Å²) in [7, 11) is 1.52. The average Bonchev–Trinajstić information content (AvgIpc) is 2.01. The van der Waals surface area contributed by atoms with Crippen LogP contribution in [0.2, 0.25) is 5.02 Å². The van der Waals surface area contributed by atoms with Gasteiger partial charge in [0.15, 0.2) is 0 Å². The predicted molar refractivity (Wildman–Crippen MR) is 52.1 cm³/mol. The summed E-state index contributed by atoms with van der Waals surface area (Å²) in [5, 5.41) is 9.94. The van der Waals surface area contributed by atoms with Gasteiger partial charge in [0, 0.05) is 5.56 Å². The molecule has 0 unspecified atom stereocenters. The summed E-state index contributed by atoms with van der Waals surface area (Å²) >= 11 is 9.01. The monoisotopic (exact) mass is 250 g/mol. The molecule has 0 fully saturated rings. The molecule has 0 aromatic heterocycles. The van der Waals surface area contributed by atoms with Crippen molar-refractivity contribution in [3.8, 4) is 11.5 Å². The van der Waals surface area contributed by atoms with Crippen molar-refractivity contribution >= 4 is 27.5 Å². The molecule has 0 aliphatic carbocycles. The second-order valence-electron chi connectivity index (χ2n) is 2.35. The fourth-order valence-electron chi connectivity index (χ4n) is 0.962. The van der Waals surface area contributed by atoms with E-state index in [1.165, 1.54) is 7.11 Å². The number of aromatic hydroxyl groups is 1. The van der Waals surface area contributed by atoms with E-state index in [-0.39, 0.29) is 5.75 Å². The molecule has 0 saturated carbocycles. The summed E-state index contributed by atoms with van der Waals surface area (Å²) in [5.74, 6) is 0.675. The number of benzene rings is 1. The molecule has 1 N–H and O–H groups in total. The van der Waals surface area contributed by atoms with Crippen molar-refractivity contribution in [3.05, 3.63) is 21.1 Å². The lowest BCUT2D eigenvalue weighted by Crippen LogP contribution is -1.89. The summed E-state index contributed by atoms with van der Waals surface area (Å²) in [6, 6.07) is 1.60. The Kier molecular flexibility index (Phi) is 2.85. The van der Waals surface area contributed by atoms with Gasteiger partial charge in [0.05, 0.1) is 16.6 Å². The molecule has 66 valence electrons. The maximum Gasteiger partial charge on any atom is 0.144 e. The van der Waals surface area contributed by atoms with Crippen molar-refractivity contribution in [1.82, 2.24) is 0 Å². The van der Waals surface area contributed by atoms with E-state index < -0.39 is 0 Å². The lowest BCUT2D eigenvalue weighted by Gasteiger charge is -2.09.